The molecule has 1 nitrogen and oxygen atoms in total. The molecule has 26 heavy (non-hydrogen) atoms. The smallest absolute Gasteiger partial charge is 0.129 e. The molecule has 8 unspecified atom stereocenters. The normalized spacial score (nSPS) is 50.6. The van der Waals surface area contributed by atoms with Gasteiger partial charge >= 0.3 is 0 Å². The summed E-state index contributed by atoms with van der Waals surface area (Å²) in [6, 6.07) is 0. The van der Waals surface area contributed by atoms with E-state index in [-0.39, 0.29) is 5.41 Å². The van der Waals surface area contributed by atoms with E-state index < -0.39 is 6.17 Å². The number of hydrogen-bond acceptors (Lipinski definition) is 1. The van der Waals surface area contributed by atoms with Crippen molar-refractivity contribution >= 4 is 5.78 Å². The molecule has 0 N–H and O–H groups in total. The first-order valence-electron chi connectivity index (χ1n) is 11.5. The van der Waals surface area contributed by atoms with E-state index in [1.807, 2.05) is 0 Å². The Labute approximate surface area is 159 Å². The van der Waals surface area contributed by atoms with Gasteiger partial charge in [-0.2, -0.15) is 0 Å². The van der Waals surface area contributed by atoms with Crippen molar-refractivity contribution in [1.29, 1.82) is 0 Å². The van der Waals surface area contributed by atoms with Gasteiger partial charge in [-0.25, -0.2) is 4.39 Å². The third-order valence-electron chi connectivity index (χ3n) is 9.85. The van der Waals surface area contributed by atoms with E-state index in [1.165, 1.54) is 44.9 Å². The number of hydrogen-bond donors (Lipinski definition) is 0. The molecular weight excluding hydrogens is 323 g/mol. The van der Waals surface area contributed by atoms with Crippen LogP contribution in [0, 0.1) is 40.4 Å². The maximum atomic E-state index is 14.7. The summed E-state index contributed by atoms with van der Waals surface area (Å²) in [7, 11) is 0. The average Bonchev–Trinajstić information content (AvgIpc) is 2.91. The Morgan fingerprint density at radius 2 is 1.65 bits per heavy atom. The lowest BCUT2D eigenvalue weighted by atomic mass is 9.44. The number of Topliss-reactive ketones (excluding diaryl/α,β-unsaturated/α-hetero) is 1. The van der Waals surface area contributed by atoms with Gasteiger partial charge in [0.05, 0.1) is 0 Å². The first kappa shape index (κ1) is 18.9. The molecule has 8 atom stereocenters. The van der Waals surface area contributed by atoms with Gasteiger partial charge in [0, 0.05) is 6.42 Å². The van der Waals surface area contributed by atoms with Crippen LogP contribution in [0.4, 0.5) is 4.39 Å². The summed E-state index contributed by atoms with van der Waals surface area (Å²) in [6.45, 7) is 6.76. The van der Waals surface area contributed by atoms with Crippen LogP contribution in [0.25, 0.3) is 0 Å². The molecule has 0 aromatic carbocycles. The van der Waals surface area contributed by atoms with E-state index in [0.29, 0.717) is 17.1 Å². The monoisotopic (exact) mass is 362 g/mol. The number of alkyl halides is 1. The predicted molar refractivity (Wildman–Crippen MR) is 105 cm³/mol. The Morgan fingerprint density at radius 3 is 2.42 bits per heavy atom. The number of ketones is 1. The summed E-state index contributed by atoms with van der Waals surface area (Å²) in [5.41, 5.74) is 0.763. The Morgan fingerprint density at radius 1 is 0.923 bits per heavy atom. The number of rotatable bonds is 4. The van der Waals surface area contributed by atoms with E-state index in [4.69, 9.17) is 0 Å². The zero-order chi connectivity index (χ0) is 18.5. The van der Waals surface area contributed by atoms with E-state index >= 15 is 0 Å². The Kier molecular flexibility index (Phi) is 5.02. The summed E-state index contributed by atoms with van der Waals surface area (Å²) in [4.78, 5) is 11.3. The summed E-state index contributed by atoms with van der Waals surface area (Å²) >= 11 is 0. The highest BCUT2D eigenvalue weighted by atomic mass is 19.1. The second kappa shape index (κ2) is 6.89. The van der Waals surface area contributed by atoms with E-state index in [9.17, 15) is 9.18 Å². The third-order valence-corrected chi connectivity index (χ3v) is 9.85. The number of carbonyl (C=O) groups is 1. The van der Waals surface area contributed by atoms with E-state index in [1.54, 1.807) is 6.92 Å². The lowest BCUT2D eigenvalue weighted by Crippen LogP contribution is -2.54. The van der Waals surface area contributed by atoms with Crippen molar-refractivity contribution in [2.75, 3.05) is 0 Å². The minimum atomic E-state index is -0.536. The topological polar surface area (TPSA) is 17.1 Å². The molecule has 0 aromatic heterocycles. The van der Waals surface area contributed by atoms with Crippen LogP contribution in [0.1, 0.15) is 97.8 Å². The van der Waals surface area contributed by atoms with Crippen molar-refractivity contribution in [3.63, 3.8) is 0 Å². The molecule has 0 radical (unpaired) electrons. The second-order valence-corrected chi connectivity index (χ2v) is 10.9. The minimum absolute atomic E-state index is 0.272. The molecule has 4 rings (SSSR count). The lowest BCUT2D eigenvalue weighted by molar-refractivity contribution is -0.130. The highest BCUT2D eigenvalue weighted by molar-refractivity contribution is 5.75. The zero-order valence-electron chi connectivity index (χ0n) is 17.2. The summed E-state index contributed by atoms with van der Waals surface area (Å²) in [5, 5.41) is 0. The molecule has 0 aliphatic heterocycles. The molecule has 0 aromatic rings. The van der Waals surface area contributed by atoms with E-state index in [0.717, 1.165) is 55.8 Å². The molecule has 4 aliphatic carbocycles. The minimum Gasteiger partial charge on any atom is -0.300 e. The van der Waals surface area contributed by atoms with Crippen LogP contribution >= 0.6 is 0 Å². The molecule has 4 saturated carbocycles. The summed E-state index contributed by atoms with van der Waals surface area (Å²) in [6.07, 6.45) is 13.6. The van der Waals surface area contributed by atoms with Gasteiger partial charge in [0.1, 0.15) is 12.0 Å². The number of fused-ring (bicyclic) bond motifs is 5. The molecule has 0 spiro atoms. The van der Waals surface area contributed by atoms with Gasteiger partial charge in [-0.05, 0) is 118 Å². The van der Waals surface area contributed by atoms with Crippen LogP contribution in [0.15, 0.2) is 0 Å². The quantitative estimate of drug-likeness (QED) is 0.541. The first-order valence-corrected chi connectivity index (χ1v) is 11.5. The fourth-order valence-corrected chi connectivity index (χ4v) is 8.51. The van der Waals surface area contributed by atoms with Crippen molar-refractivity contribution in [2.24, 2.45) is 40.4 Å². The fraction of sp³-hybridized carbons (Fsp3) is 0.958. The molecule has 148 valence electrons. The van der Waals surface area contributed by atoms with Crippen LogP contribution < -0.4 is 0 Å². The highest BCUT2D eigenvalue weighted by Gasteiger charge is 2.60. The summed E-state index contributed by atoms with van der Waals surface area (Å²) in [5.74, 6) is 3.99. The average molecular weight is 363 g/mol. The van der Waals surface area contributed by atoms with Crippen molar-refractivity contribution in [1.82, 2.24) is 0 Å². The molecule has 0 bridgehead atoms. The fourth-order valence-electron chi connectivity index (χ4n) is 8.51. The maximum absolute atomic E-state index is 14.7. The number of halogens is 1. The lowest BCUT2D eigenvalue weighted by Gasteiger charge is -2.61. The zero-order valence-corrected chi connectivity index (χ0v) is 17.2. The van der Waals surface area contributed by atoms with Crippen LogP contribution in [0.2, 0.25) is 0 Å². The van der Waals surface area contributed by atoms with Crippen molar-refractivity contribution < 1.29 is 9.18 Å². The SMILES string of the molecule is CC(=O)CCCC1CCC2C3CCC4C(F)CCCC4(C)C3CCC12C. The Bertz CT molecular complexity index is 544. The van der Waals surface area contributed by atoms with Crippen LogP contribution in [-0.2, 0) is 4.79 Å². The van der Waals surface area contributed by atoms with Gasteiger partial charge in [-0.3, -0.25) is 0 Å². The highest BCUT2D eigenvalue weighted by Crippen LogP contribution is 2.68. The molecule has 4 fully saturated rings. The number of carbonyl (C=O) groups excluding carboxylic acids is 1. The van der Waals surface area contributed by atoms with Gasteiger partial charge in [0.25, 0.3) is 0 Å². The van der Waals surface area contributed by atoms with Gasteiger partial charge in [0.2, 0.25) is 0 Å². The van der Waals surface area contributed by atoms with Gasteiger partial charge < -0.3 is 4.79 Å². The first-order chi connectivity index (χ1) is 12.4. The van der Waals surface area contributed by atoms with Crippen LogP contribution in [-0.4, -0.2) is 12.0 Å². The van der Waals surface area contributed by atoms with E-state index in [2.05, 4.69) is 13.8 Å². The van der Waals surface area contributed by atoms with Gasteiger partial charge in [0.15, 0.2) is 0 Å². The van der Waals surface area contributed by atoms with Gasteiger partial charge in [-0.15, -0.1) is 0 Å². The van der Waals surface area contributed by atoms with Crippen molar-refractivity contribution in [3.8, 4) is 0 Å². The molecule has 0 saturated heterocycles. The second-order valence-electron chi connectivity index (χ2n) is 10.9. The predicted octanol–water partition coefficient (Wildman–Crippen LogP) is 6.74. The molecule has 0 heterocycles. The summed E-state index contributed by atoms with van der Waals surface area (Å²) < 4.78 is 14.7. The standard InChI is InChI=1S/C24H39FO/c1-16(26)6-4-7-17-9-11-19-18-10-12-21-22(25)8-5-14-24(21,3)20(18)13-15-23(17,19)2/h17-22H,4-15H2,1-3H3. The third kappa shape index (κ3) is 2.89. The molecular formula is C24H39FO. The van der Waals surface area contributed by atoms with Crippen LogP contribution in [0.5, 0.6) is 0 Å². The maximum Gasteiger partial charge on any atom is 0.129 e. The van der Waals surface area contributed by atoms with Crippen LogP contribution in [0.3, 0.4) is 0 Å². The molecule has 4 aliphatic rings. The van der Waals surface area contributed by atoms with Crippen molar-refractivity contribution in [3.05, 3.63) is 0 Å². The Balaban J connectivity index is 1.50. The largest absolute Gasteiger partial charge is 0.300 e. The van der Waals surface area contributed by atoms with Crippen molar-refractivity contribution in [2.45, 2.75) is 104 Å². The molecule has 0 amide bonds. The molecule has 2 heteroatoms. The Hall–Kier alpha value is -0.400. The van der Waals surface area contributed by atoms with Gasteiger partial charge in [-0.1, -0.05) is 13.8 Å².